The molecule has 1 atom stereocenters. The van der Waals surface area contributed by atoms with Crippen LogP contribution in [0.2, 0.25) is 0 Å². The number of hydrogen-bond acceptors (Lipinski definition) is 5. The van der Waals surface area contributed by atoms with E-state index in [1.54, 1.807) is 18.9 Å². The van der Waals surface area contributed by atoms with Gasteiger partial charge in [0.2, 0.25) is 10.0 Å². The Kier molecular flexibility index (Phi) is 6.86. The standard InChI is InChI=1S/C25H30N2O5S/c1-18(24(28)27-16-15-19-9-6-7-14-23(19)27)32-25(29)20-10-8-13-22(17-20)33(30,31)26(2)21-11-4-3-5-12-21/h6-10,13-14,17-18,21H,3-5,11-12,15-16H2,1-2H3/t18-/m0/s1. The highest BCUT2D eigenvalue weighted by Gasteiger charge is 2.32. The van der Waals surface area contributed by atoms with E-state index in [0.717, 1.165) is 49.8 Å². The van der Waals surface area contributed by atoms with Crippen molar-refractivity contribution in [1.82, 2.24) is 4.31 Å². The third-order valence-corrected chi connectivity index (χ3v) is 8.53. The topological polar surface area (TPSA) is 84.0 Å². The molecule has 2 aromatic carbocycles. The molecule has 33 heavy (non-hydrogen) atoms. The number of para-hydroxylation sites is 1. The van der Waals surface area contributed by atoms with Crippen molar-refractivity contribution in [2.45, 2.75) is 62.5 Å². The van der Waals surface area contributed by atoms with E-state index < -0.39 is 22.1 Å². The van der Waals surface area contributed by atoms with E-state index >= 15 is 0 Å². The van der Waals surface area contributed by atoms with Crippen LogP contribution in [0.15, 0.2) is 53.4 Å². The van der Waals surface area contributed by atoms with Crippen molar-refractivity contribution in [2.24, 2.45) is 0 Å². The minimum atomic E-state index is -3.74. The van der Waals surface area contributed by atoms with Crippen LogP contribution in [0, 0.1) is 0 Å². The summed E-state index contributed by atoms with van der Waals surface area (Å²) in [5.74, 6) is -1.02. The van der Waals surface area contributed by atoms with Crippen LogP contribution in [0.5, 0.6) is 0 Å². The number of hydrogen-bond donors (Lipinski definition) is 0. The zero-order valence-corrected chi connectivity index (χ0v) is 19.9. The number of sulfonamides is 1. The van der Waals surface area contributed by atoms with Crippen LogP contribution in [-0.4, -0.2) is 50.3 Å². The van der Waals surface area contributed by atoms with Crippen LogP contribution in [0.25, 0.3) is 0 Å². The fourth-order valence-corrected chi connectivity index (χ4v) is 6.12. The van der Waals surface area contributed by atoms with E-state index in [2.05, 4.69) is 0 Å². The van der Waals surface area contributed by atoms with Crippen molar-refractivity contribution in [3.8, 4) is 0 Å². The Bertz CT molecular complexity index is 1140. The second-order valence-electron chi connectivity index (χ2n) is 8.76. The third-order valence-electron chi connectivity index (χ3n) is 6.62. The molecular weight excluding hydrogens is 440 g/mol. The normalized spacial score (nSPS) is 17.6. The fraction of sp³-hybridized carbons (Fsp3) is 0.440. The molecule has 0 aromatic heterocycles. The van der Waals surface area contributed by atoms with E-state index in [4.69, 9.17) is 4.74 Å². The average Bonchev–Trinajstić information content (AvgIpc) is 3.27. The molecule has 0 saturated heterocycles. The highest BCUT2D eigenvalue weighted by molar-refractivity contribution is 7.89. The highest BCUT2D eigenvalue weighted by Crippen LogP contribution is 2.29. The maximum absolute atomic E-state index is 13.1. The lowest BCUT2D eigenvalue weighted by molar-refractivity contribution is -0.126. The zero-order valence-electron chi connectivity index (χ0n) is 19.1. The van der Waals surface area contributed by atoms with Gasteiger partial charge in [0.1, 0.15) is 0 Å². The van der Waals surface area contributed by atoms with Gasteiger partial charge in [-0.2, -0.15) is 4.31 Å². The van der Waals surface area contributed by atoms with Gasteiger partial charge in [-0.15, -0.1) is 0 Å². The molecule has 0 N–H and O–H groups in total. The van der Waals surface area contributed by atoms with Crippen molar-refractivity contribution < 1.29 is 22.7 Å². The molecule has 4 rings (SSSR count). The number of rotatable bonds is 6. The summed E-state index contributed by atoms with van der Waals surface area (Å²) in [5, 5.41) is 0. The first-order chi connectivity index (χ1) is 15.8. The van der Waals surface area contributed by atoms with Crippen LogP contribution in [0.4, 0.5) is 5.69 Å². The third kappa shape index (κ3) is 4.82. The smallest absolute Gasteiger partial charge is 0.338 e. The van der Waals surface area contributed by atoms with Gasteiger partial charge in [0.15, 0.2) is 6.10 Å². The highest BCUT2D eigenvalue weighted by atomic mass is 32.2. The molecule has 0 bridgehead atoms. The van der Waals surface area contributed by atoms with E-state index in [1.165, 1.54) is 28.6 Å². The van der Waals surface area contributed by atoms with Crippen LogP contribution in [-0.2, 0) is 26.0 Å². The summed E-state index contributed by atoms with van der Waals surface area (Å²) < 4.78 is 33.1. The van der Waals surface area contributed by atoms with Gasteiger partial charge in [0.25, 0.3) is 5.91 Å². The first-order valence-electron chi connectivity index (χ1n) is 11.5. The molecule has 1 fully saturated rings. The lowest BCUT2D eigenvalue weighted by Crippen LogP contribution is -2.39. The van der Waals surface area contributed by atoms with Crippen LogP contribution in [0.3, 0.4) is 0 Å². The zero-order chi connectivity index (χ0) is 23.6. The molecule has 1 aliphatic carbocycles. The van der Waals surface area contributed by atoms with Crippen LogP contribution < -0.4 is 4.90 Å². The SMILES string of the molecule is C[C@H](OC(=O)c1cccc(S(=O)(=O)N(C)C2CCCCC2)c1)C(=O)N1CCc2ccccc21. The Balaban J connectivity index is 1.46. The second-order valence-corrected chi connectivity index (χ2v) is 10.8. The fourth-order valence-electron chi connectivity index (χ4n) is 4.66. The van der Waals surface area contributed by atoms with Crippen LogP contribution in [0.1, 0.15) is 54.9 Å². The van der Waals surface area contributed by atoms with Crippen molar-refractivity contribution in [2.75, 3.05) is 18.5 Å². The molecule has 2 aromatic rings. The predicted octanol–water partition coefficient (Wildman–Crippen LogP) is 3.77. The van der Waals surface area contributed by atoms with Crippen molar-refractivity contribution in [3.05, 3.63) is 59.7 Å². The van der Waals surface area contributed by atoms with E-state index in [-0.39, 0.29) is 22.4 Å². The number of nitrogens with zero attached hydrogens (tertiary/aromatic N) is 2. The number of ether oxygens (including phenoxy) is 1. The van der Waals surface area contributed by atoms with Gasteiger partial charge in [-0.1, -0.05) is 43.5 Å². The summed E-state index contributed by atoms with van der Waals surface area (Å²) >= 11 is 0. The molecule has 1 aliphatic heterocycles. The quantitative estimate of drug-likeness (QED) is 0.600. The Morgan fingerprint density at radius 2 is 1.79 bits per heavy atom. The van der Waals surface area contributed by atoms with Crippen molar-refractivity contribution in [3.63, 3.8) is 0 Å². The molecule has 1 heterocycles. The maximum Gasteiger partial charge on any atom is 0.338 e. The molecule has 176 valence electrons. The molecule has 0 radical (unpaired) electrons. The lowest BCUT2D eigenvalue weighted by atomic mass is 9.96. The number of carbonyl (C=O) groups is 2. The average molecular weight is 471 g/mol. The Hall–Kier alpha value is -2.71. The minimum absolute atomic E-state index is 0.0275. The van der Waals surface area contributed by atoms with Gasteiger partial charge in [-0.25, -0.2) is 13.2 Å². The lowest BCUT2D eigenvalue weighted by Gasteiger charge is -2.30. The molecule has 0 unspecified atom stereocenters. The predicted molar refractivity (Wildman–Crippen MR) is 126 cm³/mol. The van der Waals surface area contributed by atoms with E-state index in [9.17, 15) is 18.0 Å². The number of benzene rings is 2. The first kappa shape index (κ1) is 23.4. The van der Waals surface area contributed by atoms with Crippen LogP contribution >= 0.6 is 0 Å². The number of amides is 1. The minimum Gasteiger partial charge on any atom is -0.449 e. The molecule has 1 saturated carbocycles. The number of fused-ring (bicyclic) bond motifs is 1. The Morgan fingerprint density at radius 1 is 1.06 bits per heavy atom. The number of anilines is 1. The molecule has 1 amide bonds. The first-order valence-corrected chi connectivity index (χ1v) is 12.9. The summed E-state index contributed by atoms with van der Waals surface area (Å²) in [7, 11) is -2.13. The summed E-state index contributed by atoms with van der Waals surface area (Å²) in [6.45, 7) is 2.08. The van der Waals surface area contributed by atoms with E-state index in [0.29, 0.717) is 6.54 Å². The van der Waals surface area contributed by atoms with Gasteiger partial charge < -0.3 is 9.64 Å². The van der Waals surface area contributed by atoms with Gasteiger partial charge in [-0.3, -0.25) is 4.79 Å². The monoisotopic (exact) mass is 470 g/mol. The Morgan fingerprint density at radius 3 is 2.55 bits per heavy atom. The second kappa shape index (κ2) is 9.65. The molecular formula is C25H30N2O5S. The molecule has 7 nitrogen and oxygen atoms in total. The van der Waals surface area contributed by atoms with Crippen molar-refractivity contribution in [1.29, 1.82) is 0 Å². The molecule has 0 spiro atoms. The Labute approximate surface area is 195 Å². The maximum atomic E-state index is 13.1. The summed E-state index contributed by atoms with van der Waals surface area (Å²) in [6, 6.07) is 13.5. The van der Waals surface area contributed by atoms with Gasteiger partial charge >= 0.3 is 5.97 Å². The largest absolute Gasteiger partial charge is 0.449 e. The molecule has 8 heteroatoms. The van der Waals surface area contributed by atoms with E-state index in [1.807, 2.05) is 24.3 Å². The van der Waals surface area contributed by atoms with Crippen molar-refractivity contribution >= 4 is 27.6 Å². The summed E-state index contributed by atoms with van der Waals surface area (Å²) in [6.07, 6.45) is 4.62. The number of carbonyl (C=O) groups excluding carboxylic acids is 2. The van der Waals surface area contributed by atoms with Gasteiger partial charge in [-0.05, 0) is 56.0 Å². The van der Waals surface area contributed by atoms with Gasteiger partial charge in [0, 0.05) is 25.3 Å². The summed E-state index contributed by atoms with van der Waals surface area (Å²) in [4.78, 5) is 27.4. The van der Waals surface area contributed by atoms with Gasteiger partial charge in [0.05, 0.1) is 10.5 Å². The number of esters is 1. The summed E-state index contributed by atoms with van der Waals surface area (Å²) in [5.41, 5.74) is 2.03. The molecule has 2 aliphatic rings.